The quantitative estimate of drug-likeness (QED) is 0.893. The third-order valence-electron chi connectivity index (χ3n) is 3.88. The van der Waals surface area contributed by atoms with Crippen molar-refractivity contribution < 1.29 is 14.3 Å². The lowest BCUT2D eigenvalue weighted by atomic mass is 9.89. The maximum absolute atomic E-state index is 13.7. The molecule has 1 aliphatic rings. The summed E-state index contributed by atoms with van der Waals surface area (Å²) in [5.41, 5.74) is 4.09. The van der Waals surface area contributed by atoms with E-state index in [0.29, 0.717) is 0 Å². The Hall–Kier alpha value is -2.16. The zero-order valence-corrected chi connectivity index (χ0v) is 11.0. The topological polar surface area (TPSA) is 37.3 Å². The number of aryl methyl sites for hydroxylation is 2. The molecule has 0 amide bonds. The molecule has 0 fully saturated rings. The molecule has 102 valence electrons. The molecule has 2 nitrogen and oxygen atoms in total. The maximum Gasteiger partial charge on any atom is 0.338 e. The second-order valence-electron chi connectivity index (χ2n) is 5.19. The van der Waals surface area contributed by atoms with Crippen molar-refractivity contribution in [3.63, 3.8) is 0 Å². The molecule has 0 heterocycles. The highest BCUT2D eigenvalue weighted by atomic mass is 19.1. The van der Waals surface area contributed by atoms with Gasteiger partial charge >= 0.3 is 5.97 Å². The lowest BCUT2D eigenvalue weighted by molar-refractivity contribution is 0.0692. The first-order valence-electron chi connectivity index (χ1n) is 6.80. The number of fused-ring (bicyclic) bond motifs is 1. The van der Waals surface area contributed by atoms with E-state index >= 15 is 0 Å². The second-order valence-corrected chi connectivity index (χ2v) is 5.19. The highest BCUT2D eigenvalue weighted by molar-refractivity contribution is 5.88. The van der Waals surface area contributed by atoms with Crippen molar-refractivity contribution in [3.05, 3.63) is 58.9 Å². The number of halogens is 1. The number of carbonyl (C=O) groups is 1. The fourth-order valence-corrected chi connectivity index (χ4v) is 2.78. The summed E-state index contributed by atoms with van der Waals surface area (Å²) in [4.78, 5) is 10.8. The summed E-state index contributed by atoms with van der Waals surface area (Å²) in [5.74, 6) is -1.92. The number of carboxylic acid groups (broad SMARTS) is 1. The van der Waals surface area contributed by atoms with Crippen molar-refractivity contribution in [2.24, 2.45) is 0 Å². The zero-order valence-electron chi connectivity index (χ0n) is 11.0. The second kappa shape index (κ2) is 5.08. The molecule has 1 N–H and O–H groups in total. The van der Waals surface area contributed by atoms with E-state index < -0.39 is 11.8 Å². The van der Waals surface area contributed by atoms with Gasteiger partial charge in [0.25, 0.3) is 0 Å². The highest BCUT2D eigenvalue weighted by Gasteiger charge is 2.13. The smallest absolute Gasteiger partial charge is 0.338 e. The summed E-state index contributed by atoms with van der Waals surface area (Å²) >= 11 is 0. The van der Waals surface area contributed by atoms with Gasteiger partial charge in [-0.05, 0) is 60.1 Å². The molecule has 2 aromatic rings. The van der Waals surface area contributed by atoms with Crippen molar-refractivity contribution in [2.75, 3.05) is 0 Å². The molecule has 0 atom stereocenters. The van der Waals surface area contributed by atoms with Crippen LogP contribution in [0.25, 0.3) is 11.1 Å². The van der Waals surface area contributed by atoms with E-state index in [2.05, 4.69) is 12.1 Å². The van der Waals surface area contributed by atoms with Crippen molar-refractivity contribution in [3.8, 4) is 11.1 Å². The van der Waals surface area contributed by atoms with Gasteiger partial charge < -0.3 is 5.11 Å². The SMILES string of the molecule is O=C(O)c1ccc(-c2ccc3c(c2)CCCC3)cc1F. The van der Waals surface area contributed by atoms with Crippen LogP contribution in [0, 0.1) is 5.82 Å². The van der Waals surface area contributed by atoms with Gasteiger partial charge in [0, 0.05) is 0 Å². The lowest BCUT2D eigenvalue weighted by Crippen LogP contribution is -2.03. The van der Waals surface area contributed by atoms with Crippen LogP contribution in [-0.4, -0.2) is 11.1 Å². The van der Waals surface area contributed by atoms with Crippen LogP contribution < -0.4 is 0 Å². The van der Waals surface area contributed by atoms with Gasteiger partial charge in [0.1, 0.15) is 5.82 Å². The molecule has 0 unspecified atom stereocenters. The van der Waals surface area contributed by atoms with Crippen LogP contribution >= 0.6 is 0 Å². The fraction of sp³-hybridized carbons (Fsp3) is 0.235. The summed E-state index contributed by atoms with van der Waals surface area (Å²) in [5, 5.41) is 8.85. The molecule has 1 aliphatic carbocycles. The van der Waals surface area contributed by atoms with Crippen molar-refractivity contribution in [1.82, 2.24) is 0 Å². The van der Waals surface area contributed by atoms with Crippen molar-refractivity contribution >= 4 is 5.97 Å². The van der Waals surface area contributed by atoms with Gasteiger partial charge in [0.2, 0.25) is 0 Å². The number of aromatic carboxylic acids is 1. The number of hydrogen-bond acceptors (Lipinski definition) is 1. The molecule has 0 radical (unpaired) electrons. The van der Waals surface area contributed by atoms with E-state index in [1.807, 2.05) is 6.07 Å². The minimum Gasteiger partial charge on any atom is -0.478 e. The first kappa shape index (κ1) is 12.9. The molecular formula is C17H15FO2. The third-order valence-corrected chi connectivity index (χ3v) is 3.88. The van der Waals surface area contributed by atoms with Gasteiger partial charge in [0.15, 0.2) is 0 Å². The molecule has 0 aromatic heterocycles. The number of hydrogen-bond donors (Lipinski definition) is 1. The average molecular weight is 270 g/mol. The van der Waals surface area contributed by atoms with Gasteiger partial charge in [-0.15, -0.1) is 0 Å². The Balaban J connectivity index is 2.01. The molecule has 0 saturated carbocycles. The zero-order chi connectivity index (χ0) is 14.1. The van der Waals surface area contributed by atoms with E-state index in [0.717, 1.165) is 24.0 Å². The minimum absolute atomic E-state index is 0.285. The number of rotatable bonds is 2. The van der Waals surface area contributed by atoms with E-state index in [4.69, 9.17) is 5.11 Å². The largest absolute Gasteiger partial charge is 0.478 e. The summed E-state index contributed by atoms with van der Waals surface area (Å²) < 4.78 is 13.7. The Morgan fingerprint density at radius 3 is 2.30 bits per heavy atom. The first-order chi connectivity index (χ1) is 9.65. The third kappa shape index (κ3) is 2.31. The van der Waals surface area contributed by atoms with Crippen LogP contribution in [0.4, 0.5) is 4.39 Å². The standard InChI is InChI=1S/C17H15FO2/c18-16-10-14(7-8-15(16)17(19)20)13-6-5-11-3-1-2-4-12(11)9-13/h5-10H,1-4H2,(H,19,20). The van der Waals surface area contributed by atoms with Crippen molar-refractivity contribution in [2.45, 2.75) is 25.7 Å². The van der Waals surface area contributed by atoms with Gasteiger partial charge in [-0.3, -0.25) is 0 Å². The van der Waals surface area contributed by atoms with Gasteiger partial charge in [-0.2, -0.15) is 0 Å². The summed E-state index contributed by atoms with van der Waals surface area (Å²) in [6, 6.07) is 10.5. The monoisotopic (exact) mass is 270 g/mol. The summed E-state index contributed by atoms with van der Waals surface area (Å²) in [7, 11) is 0. The van der Waals surface area contributed by atoms with Crippen LogP contribution in [-0.2, 0) is 12.8 Å². The molecule has 0 saturated heterocycles. The Kier molecular flexibility index (Phi) is 3.26. The first-order valence-corrected chi connectivity index (χ1v) is 6.80. The predicted octanol–water partition coefficient (Wildman–Crippen LogP) is 4.07. The van der Waals surface area contributed by atoms with Crippen molar-refractivity contribution in [1.29, 1.82) is 0 Å². The van der Waals surface area contributed by atoms with E-state index in [9.17, 15) is 9.18 Å². The minimum atomic E-state index is -1.24. The van der Waals surface area contributed by atoms with Gasteiger partial charge in [0.05, 0.1) is 5.56 Å². The van der Waals surface area contributed by atoms with E-state index in [-0.39, 0.29) is 5.56 Å². The normalized spacial score (nSPS) is 13.8. The summed E-state index contributed by atoms with van der Waals surface area (Å²) in [6.07, 6.45) is 4.61. The van der Waals surface area contributed by atoms with Crippen LogP contribution in [0.1, 0.15) is 34.3 Å². The molecule has 20 heavy (non-hydrogen) atoms. The van der Waals surface area contributed by atoms with E-state index in [1.54, 1.807) is 6.07 Å². The van der Waals surface area contributed by atoms with Crippen LogP contribution in [0.15, 0.2) is 36.4 Å². The Bertz CT molecular complexity index is 677. The van der Waals surface area contributed by atoms with Crippen LogP contribution in [0.2, 0.25) is 0 Å². The molecule has 0 aliphatic heterocycles. The number of benzene rings is 2. The Morgan fingerprint density at radius 2 is 1.60 bits per heavy atom. The molecule has 2 aromatic carbocycles. The van der Waals surface area contributed by atoms with Crippen LogP contribution in [0.3, 0.4) is 0 Å². The lowest BCUT2D eigenvalue weighted by Gasteiger charge is -2.16. The highest BCUT2D eigenvalue weighted by Crippen LogP contribution is 2.28. The molecule has 0 bridgehead atoms. The molecule has 3 rings (SSSR count). The van der Waals surface area contributed by atoms with Crippen LogP contribution in [0.5, 0.6) is 0 Å². The summed E-state index contributed by atoms with van der Waals surface area (Å²) in [6.45, 7) is 0. The maximum atomic E-state index is 13.7. The number of carboxylic acids is 1. The molecular weight excluding hydrogens is 255 g/mol. The Morgan fingerprint density at radius 1 is 0.950 bits per heavy atom. The molecule has 0 spiro atoms. The molecule has 3 heteroatoms. The van der Waals surface area contributed by atoms with Gasteiger partial charge in [-0.1, -0.05) is 24.3 Å². The van der Waals surface area contributed by atoms with E-state index in [1.165, 1.54) is 36.1 Å². The Labute approximate surface area is 116 Å². The van der Waals surface area contributed by atoms with Gasteiger partial charge in [-0.25, -0.2) is 9.18 Å². The fourth-order valence-electron chi connectivity index (χ4n) is 2.78. The average Bonchev–Trinajstić information content (AvgIpc) is 2.46. The predicted molar refractivity (Wildman–Crippen MR) is 75.4 cm³/mol.